The minimum atomic E-state index is 0.374. The molecular formula is C13H15ClN3O2S+. The molecule has 1 saturated heterocycles. The standard InChI is InChI=1S/C13H14ClN3O2S/c14-11-4-2-1-3-10(11)12-15-17(13(20)19-12)9-16-5-7-18-8-6-16/h1-4H,5-9H2/p+1. The van der Waals surface area contributed by atoms with Crippen molar-refractivity contribution < 1.29 is 14.1 Å². The largest absolute Gasteiger partial charge is 0.409 e. The Morgan fingerprint density at radius 2 is 2.05 bits per heavy atom. The Balaban J connectivity index is 1.84. The summed E-state index contributed by atoms with van der Waals surface area (Å²) in [5.74, 6) is 0.466. The van der Waals surface area contributed by atoms with Gasteiger partial charge in [-0.3, -0.25) is 0 Å². The topological polar surface area (TPSA) is 44.6 Å². The Morgan fingerprint density at radius 3 is 2.80 bits per heavy atom. The van der Waals surface area contributed by atoms with Crippen molar-refractivity contribution in [3.8, 4) is 11.5 Å². The number of quaternary nitrogens is 1. The van der Waals surface area contributed by atoms with Crippen molar-refractivity contribution in [1.82, 2.24) is 9.78 Å². The highest BCUT2D eigenvalue weighted by Gasteiger charge is 2.17. The van der Waals surface area contributed by atoms with Gasteiger partial charge in [0.2, 0.25) is 5.89 Å². The van der Waals surface area contributed by atoms with E-state index in [1.54, 1.807) is 4.68 Å². The minimum absolute atomic E-state index is 0.374. The van der Waals surface area contributed by atoms with Crippen LogP contribution in [0.1, 0.15) is 0 Å². The number of morpholine rings is 1. The molecule has 0 amide bonds. The zero-order chi connectivity index (χ0) is 13.9. The second-order valence-corrected chi connectivity index (χ2v) is 5.43. The number of nitrogens with one attached hydrogen (secondary N) is 1. The van der Waals surface area contributed by atoms with E-state index in [1.807, 2.05) is 24.3 Å². The number of rotatable bonds is 3. The van der Waals surface area contributed by atoms with E-state index in [4.69, 9.17) is 33.0 Å². The van der Waals surface area contributed by atoms with E-state index in [0.717, 1.165) is 31.9 Å². The Morgan fingerprint density at radius 1 is 1.30 bits per heavy atom. The number of halogens is 1. The average molecular weight is 313 g/mol. The van der Waals surface area contributed by atoms with Gasteiger partial charge >= 0.3 is 0 Å². The van der Waals surface area contributed by atoms with Crippen LogP contribution < -0.4 is 4.90 Å². The van der Waals surface area contributed by atoms with Crippen molar-refractivity contribution in [2.24, 2.45) is 0 Å². The van der Waals surface area contributed by atoms with Gasteiger partial charge in [0.1, 0.15) is 13.1 Å². The predicted octanol–water partition coefficient (Wildman–Crippen LogP) is 1.40. The molecule has 20 heavy (non-hydrogen) atoms. The summed E-state index contributed by atoms with van der Waals surface area (Å²) in [6.07, 6.45) is 0. The zero-order valence-corrected chi connectivity index (χ0v) is 12.4. The number of hydrogen-bond acceptors (Lipinski definition) is 4. The third kappa shape index (κ3) is 2.93. The number of ether oxygens (including phenoxy) is 1. The van der Waals surface area contributed by atoms with Gasteiger partial charge in [0.25, 0.3) is 4.84 Å². The molecule has 0 unspecified atom stereocenters. The van der Waals surface area contributed by atoms with Crippen molar-refractivity contribution in [1.29, 1.82) is 0 Å². The summed E-state index contributed by atoms with van der Waals surface area (Å²) in [4.78, 5) is 1.75. The first-order valence-corrected chi connectivity index (χ1v) is 7.27. The quantitative estimate of drug-likeness (QED) is 0.870. The fraction of sp³-hybridized carbons (Fsp3) is 0.385. The van der Waals surface area contributed by atoms with Crippen molar-refractivity contribution in [2.75, 3.05) is 26.3 Å². The predicted molar refractivity (Wildman–Crippen MR) is 77.3 cm³/mol. The fourth-order valence-corrected chi connectivity index (χ4v) is 2.58. The zero-order valence-electron chi connectivity index (χ0n) is 10.8. The molecule has 7 heteroatoms. The van der Waals surface area contributed by atoms with E-state index in [2.05, 4.69) is 5.10 Å². The van der Waals surface area contributed by atoms with Crippen LogP contribution in [0.5, 0.6) is 0 Å². The van der Waals surface area contributed by atoms with Crippen molar-refractivity contribution in [3.63, 3.8) is 0 Å². The van der Waals surface area contributed by atoms with Gasteiger partial charge in [0.05, 0.1) is 23.8 Å². The third-order valence-electron chi connectivity index (χ3n) is 3.28. The van der Waals surface area contributed by atoms with Gasteiger partial charge in [0, 0.05) is 0 Å². The highest BCUT2D eigenvalue weighted by molar-refractivity contribution is 7.71. The average Bonchev–Trinajstić information content (AvgIpc) is 2.81. The summed E-state index contributed by atoms with van der Waals surface area (Å²) >= 11 is 11.4. The molecule has 0 aliphatic carbocycles. The summed E-state index contributed by atoms with van der Waals surface area (Å²) in [5, 5.41) is 5.04. The Kier molecular flexibility index (Phi) is 4.16. The van der Waals surface area contributed by atoms with Crippen LogP contribution in [-0.4, -0.2) is 36.1 Å². The molecule has 3 rings (SSSR count). The maximum atomic E-state index is 6.15. The monoisotopic (exact) mass is 312 g/mol. The molecule has 1 aliphatic rings. The van der Waals surface area contributed by atoms with Crippen LogP contribution in [0.15, 0.2) is 28.7 Å². The lowest BCUT2D eigenvalue weighted by Gasteiger charge is -2.22. The van der Waals surface area contributed by atoms with Gasteiger partial charge in [-0.15, -0.1) is 5.10 Å². The van der Waals surface area contributed by atoms with Gasteiger partial charge in [0.15, 0.2) is 6.67 Å². The van der Waals surface area contributed by atoms with Crippen LogP contribution >= 0.6 is 23.8 Å². The molecule has 2 aromatic rings. The van der Waals surface area contributed by atoms with Crippen molar-refractivity contribution in [2.45, 2.75) is 6.67 Å². The molecule has 0 radical (unpaired) electrons. The lowest BCUT2D eigenvalue weighted by molar-refractivity contribution is -0.931. The van der Waals surface area contributed by atoms with E-state index < -0.39 is 0 Å². The van der Waals surface area contributed by atoms with Crippen LogP contribution in [0.2, 0.25) is 5.02 Å². The fourth-order valence-electron chi connectivity index (χ4n) is 2.18. The Labute approximate surface area is 126 Å². The first-order chi connectivity index (χ1) is 9.74. The summed E-state index contributed by atoms with van der Waals surface area (Å²) in [6.45, 7) is 4.15. The van der Waals surface area contributed by atoms with Gasteiger partial charge in [-0.25, -0.2) is 0 Å². The van der Waals surface area contributed by atoms with Gasteiger partial charge in [-0.1, -0.05) is 23.7 Å². The van der Waals surface area contributed by atoms with Crippen LogP contribution in [0, 0.1) is 4.84 Å². The maximum absolute atomic E-state index is 6.15. The molecule has 0 spiro atoms. The first-order valence-electron chi connectivity index (χ1n) is 6.48. The van der Waals surface area contributed by atoms with E-state index in [1.165, 1.54) is 4.90 Å². The molecule has 1 N–H and O–H groups in total. The number of nitrogens with zero attached hydrogens (tertiary/aromatic N) is 2. The normalized spacial score (nSPS) is 16.4. The van der Waals surface area contributed by atoms with Crippen LogP contribution in [0.3, 0.4) is 0 Å². The van der Waals surface area contributed by atoms with Crippen molar-refractivity contribution >= 4 is 23.8 Å². The molecule has 106 valence electrons. The summed E-state index contributed by atoms with van der Waals surface area (Å²) < 4.78 is 12.6. The van der Waals surface area contributed by atoms with E-state index >= 15 is 0 Å². The molecule has 1 aliphatic heterocycles. The van der Waals surface area contributed by atoms with E-state index in [9.17, 15) is 0 Å². The molecule has 1 aromatic carbocycles. The molecule has 1 fully saturated rings. The van der Waals surface area contributed by atoms with Gasteiger partial charge in [-0.2, -0.15) is 4.68 Å². The number of hydrogen-bond donors (Lipinski definition) is 1. The van der Waals surface area contributed by atoms with Crippen molar-refractivity contribution in [3.05, 3.63) is 34.1 Å². The lowest BCUT2D eigenvalue weighted by Crippen LogP contribution is -3.13. The summed E-state index contributed by atoms with van der Waals surface area (Å²) in [5.41, 5.74) is 0.760. The smallest absolute Gasteiger partial charge is 0.292 e. The molecule has 0 bridgehead atoms. The molecular weight excluding hydrogens is 298 g/mol. The highest BCUT2D eigenvalue weighted by Crippen LogP contribution is 2.25. The number of benzene rings is 1. The minimum Gasteiger partial charge on any atom is -0.409 e. The second kappa shape index (κ2) is 6.05. The van der Waals surface area contributed by atoms with Crippen LogP contribution in [0.25, 0.3) is 11.5 Å². The van der Waals surface area contributed by atoms with Crippen LogP contribution in [0.4, 0.5) is 0 Å². The Bertz CT molecular complexity index is 649. The van der Waals surface area contributed by atoms with E-state index in [-0.39, 0.29) is 0 Å². The molecule has 1 aromatic heterocycles. The highest BCUT2D eigenvalue weighted by atomic mass is 35.5. The molecule has 2 heterocycles. The number of aromatic nitrogens is 2. The van der Waals surface area contributed by atoms with E-state index in [0.29, 0.717) is 22.4 Å². The second-order valence-electron chi connectivity index (χ2n) is 4.67. The first kappa shape index (κ1) is 13.8. The SMILES string of the molecule is S=c1oc(-c2ccccc2Cl)nn1C[NH+]1CCOCC1. The van der Waals surface area contributed by atoms with Gasteiger partial charge in [-0.05, 0) is 24.4 Å². The third-order valence-corrected chi connectivity index (χ3v) is 3.91. The lowest BCUT2D eigenvalue weighted by atomic mass is 10.2. The Hall–Kier alpha value is -1.21. The van der Waals surface area contributed by atoms with Gasteiger partial charge < -0.3 is 14.1 Å². The molecule has 0 saturated carbocycles. The summed E-state index contributed by atoms with van der Waals surface area (Å²) in [6, 6.07) is 7.44. The maximum Gasteiger partial charge on any atom is 0.292 e. The molecule has 5 nitrogen and oxygen atoms in total. The van der Waals surface area contributed by atoms with Crippen LogP contribution in [-0.2, 0) is 11.4 Å². The molecule has 0 atom stereocenters. The summed E-state index contributed by atoms with van der Waals surface area (Å²) in [7, 11) is 0.